The van der Waals surface area contributed by atoms with Gasteiger partial charge in [0.15, 0.2) is 0 Å². The van der Waals surface area contributed by atoms with Crippen molar-refractivity contribution in [1.29, 1.82) is 0 Å². The molecule has 0 bridgehead atoms. The summed E-state index contributed by atoms with van der Waals surface area (Å²) in [4.78, 5) is 0. The number of rotatable bonds is 1. The molecular weight excluding hydrogens is 166 g/mol. The molecule has 0 aliphatic carbocycles. The van der Waals surface area contributed by atoms with Crippen LogP contribution in [0.5, 0.6) is 0 Å². The van der Waals surface area contributed by atoms with Crippen LogP contribution >= 0.6 is 0 Å². The van der Waals surface area contributed by atoms with E-state index in [2.05, 4.69) is 15.5 Å². The topological polar surface area (TPSA) is 60.9 Å². The summed E-state index contributed by atoms with van der Waals surface area (Å²) in [6, 6.07) is 1.72. The molecule has 0 spiro atoms. The van der Waals surface area contributed by atoms with E-state index >= 15 is 0 Å². The smallest absolute Gasteiger partial charge is 0.0847 e. The van der Waals surface area contributed by atoms with Crippen LogP contribution in [0, 0.1) is 0 Å². The van der Waals surface area contributed by atoms with E-state index in [1.165, 1.54) is 32.4 Å². The van der Waals surface area contributed by atoms with Crippen LogP contribution in [0.4, 0.5) is 0 Å². The molecule has 0 unspecified atom stereocenters. The van der Waals surface area contributed by atoms with E-state index in [0.717, 1.165) is 5.69 Å². The molecule has 4 heteroatoms. The first-order chi connectivity index (χ1) is 6.43. The lowest BCUT2D eigenvalue weighted by Gasteiger charge is -2.08. The number of hydrogen-bond donors (Lipinski definition) is 3. The van der Waals surface area contributed by atoms with E-state index < -0.39 is 0 Å². The Morgan fingerprint density at radius 3 is 2.31 bits per heavy atom. The van der Waals surface area contributed by atoms with Gasteiger partial charge in [-0.1, -0.05) is 6.42 Å². The van der Waals surface area contributed by atoms with Gasteiger partial charge in [0, 0.05) is 6.20 Å². The molecule has 1 fully saturated rings. The maximum atomic E-state index is 8.36. The fraction of sp³-hybridized carbons (Fsp3) is 0.667. The van der Waals surface area contributed by atoms with Crippen molar-refractivity contribution >= 4 is 0 Å². The molecule has 0 atom stereocenters. The molecule has 1 aliphatic rings. The van der Waals surface area contributed by atoms with E-state index in [1.807, 2.05) is 0 Å². The summed E-state index contributed by atoms with van der Waals surface area (Å²) in [6.07, 6.45) is 5.82. The van der Waals surface area contributed by atoms with Crippen LogP contribution in [0.1, 0.15) is 25.0 Å². The Hall–Kier alpha value is -0.870. The van der Waals surface area contributed by atoms with Crippen molar-refractivity contribution in [2.75, 3.05) is 13.1 Å². The third-order valence-corrected chi connectivity index (χ3v) is 1.94. The first-order valence-electron chi connectivity index (χ1n) is 4.73. The summed E-state index contributed by atoms with van der Waals surface area (Å²) < 4.78 is 0. The van der Waals surface area contributed by atoms with Gasteiger partial charge in [-0.2, -0.15) is 5.10 Å². The lowest BCUT2D eigenvalue weighted by Crippen LogP contribution is -2.21. The Morgan fingerprint density at radius 1 is 1.31 bits per heavy atom. The molecule has 1 saturated heterocycles. The number of aliphatic hydroxyl groups is 1. The highest BCUT2D eigenvalue weighted by atomic mass is 16.3. The largest absolute Gasteiger partial charge is 0.390 e. The normalized spacial score (nSPS) is 16.1. The highest BCUT2D eigenvalue weighted by Crippen LogP contribution is 1.96. The van der Waals surface area contributed by atoms with Crippen molar-refractivity contribution in [2.24, 2.45) is 0 Å². The number of hydrogen-bond acceptors (Lipinski definition) is 3. The summed E-state index contributed by atoms with van der Waals surface area (Å²) in [6.45, 7) is 2.54. The standard InChI is InChI=1S/C5H11N.C4H6N2O/c1-2-4-6-5-3-1;7-3-4-1-2-5-6-4/h6H,1-5H2;1-2,7H,3H2,(H,5,6). The quantitative estimate of drug-likeness (QED) is 0.599. The van der Waals surface area contributed by atoms with Gasteiger partial charge in [0.25, 0.3) is 0 Å². The number of nitrogens with one attached hydrogen (secondary N) is 2. The SMILES string of the molecule is C1CCNCC1.OCc1ccn[nH]1. The van der Waals surface area contributed by atoms with Crippen LogP contribution in [-0.2, 0) is 6.61 Å². The first kappa shape index (κ1) is 10.2. The molecular formula is C9H17N3O. The minimum Gasteiger partial charge on any atom is -0.390 e. The van der Waals surface area contributed by atoms with Gasteiger partial charge >= 0.3 is 0 Å². The molecule has 1 aromatic heterocycles. The molecule has 3 N–H and O–H groups in total. The lowest BCUT2D eigenvalue weighted by molar-refractivity contribution is 0.276. The highest BCUT2D eigenvalue weighted by molar-refractivity contribution is 4.94. The number of aromatic amines is 1. The zero-order chi connectivity index (χ0) is 9.36. The predicted octanol–water partition coefficient (Wildman–Crippen LogP) is 0.662. The van der Waals surface area contributed by atoms with Crippen molar-refractivity contribution in [1.82, 2.24) is 15.5 Å². The molecule has 0 aromatic carbocycles. The lowest BCUT2D eigenvalue weighted by atomic mass is 10.2. The van der Waals surface area contributed by atoms with Gasteiger partial charge in [-0.15, -0.1) is 0 Å². The molecule has 2 heterocycles. The second kappa shape index (κ2) is 6.62. The zero-order valence-electron chi connectivity index (χ0n) is 7.79. The van der Waals surface area contributed by atoms with Gasteiger partial charge in [0.1, 0.15) is 0 Å². The molecule has 1 aliphatic heterocycles. The van der Waals surface area contributed by atoms with Gasteiger partial charge < -0.3 is 10.4 Å². The highest BCUT2D eigenvalue weighted by Gasteiger charge is 1.93. The number of nitrogens with zero attached hydrogens (tertiary/aromatic N) is 1. The zero-order valence-corrected chi connectivity index (χ0v) is 7.79. The van der Waals surface area contributed by atoms with Crippen LogP contribution in [0.25, 0.3) is 0 Å². The maximum absolute atomic E-state index is 8.36. The fourth-order valence-corrected chi connectivity index (χ4v) is 1.17. The van der Waals surface area contributed by atoms with Crippen LogP contribution < -0.4 is 5.32 Å². The van der Waals surface area contributed by atoms with Crippen LogP contribution in [0.15, 0.2) is 12.3 Å². The summed E-state index contributed by atoms with van der Waals surface area (Å²) in [5.74, 6) is 0. The number of H-pyrrole nitrogens is 1. The van der Waals surface area contributed by atoms with Crippen molar-refractivity contribution in [3.63, 3.8) is 0 Å². The molecule has 0 saturated carbocycles. The molecule has 13 heavy (non-hydrogen) atoms. The van der Waals surface area contributed by atoms with Crippen molar-refractivity contribution < 1.29 is 5.11 Å². The van der Waals surface area contributed by atoms with Crippen molar-refractivity contribution in [3.05, 3.63) is 18.0 Å². The van der Waals surface area contributed by atoms with Crippen LogP contribution in [-0.4, -0.2) is 28.4 Å². The Labute approximate surface area is 78.4 Å². The predicted molar refractivity (Wildman–Crippen MR) is 51.2 cm³/mol. The molecule has 0 radical (unpaired) electrons. The summed E-state index contributed by atoms with van der Waals surface area (Å²) in [5.41, 5.74) is 0.750. The van der Waals surface area contributed by atoms with Crippen molar-refractivity contribution in [3.8, 4) is 0 Å². The van der Waals surface area contributed by atoms with Gasteiger partial charge in [-0.25, -0.2) is 0 Å². The van der Waals surface area contributed by atoms with Crippen LogP contribution in [0.3, 0.4) is 0 Å². The third kappa shape index (κ3) is 4.65. The van der Waals surface area contributed by atoms with Crippen molar-refractivity contribution in [2.45, 2.75) is 25.9 Å². The van der Waals surface area contributed by atoms with E-state index in [4.69, 9.17) is 5.11 Å². The van der Waals surface area contributed by atoms with E-state index in [-0.39, 0.29) is 6.61 Å². The monoisotopic (exact) mass is 183 g/mol. The maximum Gasteiger partial charge on any atom is 0.0847 e. The molecule has 2 rings (SSSR count). The summed E-state index contributed by atoms with van der Waals surface area (Å²) in [7, 11) is 0. The van der Waals surface area contributed by atoms with E-state index in [9.17, 15) is 0 Å². The Balaban J connectivity index is 0.000000132. The Morgan fingerprint density at radius 2 is 2.08 bits per heavy atom. The molecule has 74 valence electrons. The van der Waals surface area contributed by atoms with Gasteiger partial charge in [0.05, 0.1) is 12.3 Å². The molecule has 4 nitrogen and oxygen atoms in total. The van der Waals surface area contributed by atoms with Gasteiger partial charge in [0.2, 0.25) is 0 Å². The average Bonchev–Trinajstić information content (AvgIpc) is 2.74. The van der Waals surface area contributed by atoms with E-state index in [0.29, 0.717) is 0 Å². The fourth-order valence-electron chi connectivity index (χ4n) is 1.17. The first-order valence-corrected chi connectivity index (χ1v) is 4.73. The Bertz CT molecular complexity index is 183. The second-order valence-electron chi connectivity index (χ2n) is 3.05. The Kier molecular flexibility index (Phi) is 5.20. The number of aliphatic hydroxyl groups excluding tert-OH is 1. The van der Waals surface area contributed by atoms with Crippen LogP contribution in [0.2, 0.25) is 0 Å². The number of piperidine rings is 1. The van der Waals surface area contributed by atoms with E-state index in [1.54, 1.807) is 12.3 Å². The number of aromatic nitrogens is 2. The van der Waals surface area contributed by atoms with Gasteiger partial charge in [-0.3, -0.25) is 5.10 Å². The van der Waals surface area contributed by atoms with Gasteiger partial charge in [-0.05, 0) is 32.0 Å². The third-order valence-electron chi connectivity index (χ3n) is 1.94. The minimum absolute atomic E-state index is 0.0417. The molecule has 0 amide bonds. The average molecular weight is 183 g/mol. The molecule has 1 aromatic rings. The summed E-state index contributed by atoms with van der Waals surface area (Å²) >= 11 is 0. The summed E-state index contributed by atoms with van der Waals surface area (Å²) in [5, 5.41) is 17.8. The second-order valence-corrected chi connectivity index (χ2v) is 3.05. The minimum atomic E-state index is 0.0417.